The summed E-state index contributed by atoms with van der Waals surface area (Å²) in [6.07, 6.45) is 2.27. The summed E-state index contributed by atoms with van der Waals surface area (Å²) in [6.45, 7) is 0. The first-order valence-corrected chi connectivity index (χ1v) is 6.95. The van der Waals surface area contributed by atoms with Gasteiger partial charge in [0.1, 0.15) is 5.75 Å². The van der Waals surface area contributed by atoms with Crippen molar-refractivity contribution in [1.29, 1.82) is 0 Å². The molecule has 2 N–H and O–H groups in total. The Balaban J connectivity index is 1.83. The van der Waals surface area contributed by atoms with Crippen LogP contribution < -0.4 is 9.61 Å². The van der Waals surface area contributed by atoms with Crippen LogP contribution in [-0.2, 0) is 0 Å². The van der Waals surface area contributed by atoms with E-state index in [-0.39, 0.29) is 0 Å². The van der Waals surface area contributed by atoms with Crippen molar-refractivity contribution in [3.63, 3.8) is 0 Å². The summed E-state index contributed by atoms with van der Waals surface area (Å²) in [5, 5.41) is 5.23. The highest BCUT2D eigenvalue weighted by atomic mass is 31.2. The van der Waals surface area contributed by atoms with Gasteiger partial charge in [-0.25, -0.2) is 5.09 Å². The van der Waals surface area contributed by atoms with Crippen LogP contribution in [0.1, 0.15) is 12.8 Å². The van der Waals surface area contributed by atoms with E-state index in [9.17, 15) is 4.89 Å². The average Bonchev–Trinajstić information content (AvgIpc) is 3.13. The standard InChI is InChI=1S/C13H14NO2P/c15-17(14-11-8-9-11)16-13-7-3-5-10-4-1-2-6-12(10)13/h1-7,11,14-15H,8-9H2. The predicted molar refractivity (Wildman–Crippen MR) is 69.9 cm³/mol. The molecule has 1 saturated carbocycles. The van der Waals surface area contributed by atoms with Crippen molar-refractivity contribution in [3.8, 4) is 5.75 Å². The van der Waals surface area contributed by atoms with E-state index in [0.29, 0.717) is 6.04 Å². The van der Waals surface area contributed by atoms with Gasteiger partial charge in [0.2, 0.25) is 0 Å². The van der Waals surface area contributed by atoms with E-state index in [4.69, 9.17) is 4.52 Å². The van der Waals surface area contributed by atoms with E-state index in [2.05, 4.69) is 5.09 Å². The number of rotatable bonds is 4. The maximum absolute atomic E-state index is 9.80. The first-order valence-electron chi connectivity index (χ1n) is 5.74. The lowest BCUT2D eigenvalue weighted by molar-refractivity contribution is 0.471. The van der Waals surface area contributed by atoms with Gasteiger partial charge in [-0.3, -0.25) is 0 Å². The molecule has 3 rings (SSSR count). The Kier molecular flexibility index (Phi) is 2.98. The highest BCUT2D eigenvalue weighted by molar-refractivity contribution is 7.44. The summed E-state index contributed by atoms with van der Waals surface area (Å²) in [7, 11) is -1.56. The molecular formula is C13H14NO2P. The summed E-state index contributed by atoms with van der Waals surface area (Å²) in [6, 6.07) is 14.3. The van der Waals surface area contributed by atoms with Gasteiger partial charge in [-0.15, -0.1) is 0 Å². The second-order valence-electron chi connectivity index (χ2n) is 4.24. The monoisotopic (exact) mass is 247 g/mol. The van der Waals surface area contributed by atoms with E-state index in [1.54, 1.807) is 0 Å². The maximum Gasteiger partial charge on any atom is 0.315 e. The highest BCUT2D eigenvalue weighted by Crippen LogP contribution is 2.37. The molecule has 0 heterocycles. The molecule has 3 nitrogen and oxygen atoms in total. The van der Waals surface area contributed by atoms with Crippen LogP contribution in [0.5, 0.6) is 5.75 Å². The van der Waals surface area contributed by atoms with Crippen molar-refractivity contribution >= 4 is 19.3 Å². The minimum Gasteiger partial charge on any atom is -0.435 e. The second-order valence-corrected chi connectivity index (χ2v) is 5.23. The normalized spacial score (nSPS) is 17.0. The minimum absolute atomic E-state index is 0.445. The molecule has 1 unspecified atom stereocenters. The number of hydrogen-bond donors (Lipinski definition) is 2. The van der Waals surface area contributed by atoms with Crippen molar-refractivity contribution in [2.45, 2.75) is 18.9 Å². The van der Waals surface area contributed by atoms with Gasteiger partial charge in [0.15, 0.2) is 0 Å². The molecule has 0 bridgehead atoms. The molecular weight excluding hydrogens is 233 g/mol. The van der Waals surface area contributed by atoms with Gasteiger partial charge in [0.05, 0.1) is 0 Å². The van der Waals surface area contributed by atoms with Crippen molar-refractivity contribution in [2.75, 3.05) is 0 Å². The van der Waals surface area contributed by atoms with Crippen LogP contribution in [-0.4, -0.2) is 10.9 Å². The SMILES string of the molecule is OP(NC1CC1)Oc1cccc2ccccc12. The third kappa shape index (κ3) is 2.58. The van der Waals surface area contributed by atoms with E-state index in [1.165, 1.54) is 0 Å². The zero-order chi connectivity index (χ0) is 11.7. The molecule has 0 radical (unpaired) electrons. The van der Waals surface area contributed by atoms with Crippen LogP contribution in [0.15, 0.2) is 42.5 Å². The van der Waals surface area contributed by atoms with Crippen LogP contribution in [0.4, 0.5) is 0 Å². The van der Waals surface area contributed by atoms with Crippen molar-refractivity contribution in [2.24, 2.45) is 0 Å². The van der Waals surface area contributed by atoms with Gasteiger partial charge in [0, 0.05) is 11.4 Å². The van der Waals surface area contributed by atoms with E-state index >= 15 is 0 Å². The largest absolute Gasteiger partial charge is 0.435 e. The Morgan fingerprint density at radius 1 is 1.12 bits per heavy atom. The predicted octanol–water partition coefficient (Wildman–Crippen LogP) is 3.19. The van der Waals surface area contributed by atoms with E-state index < -0.39 is 8.53 Å². The van der Waals surface area contributed by atoms with Crippen LogP contribution in [0.3, 0.4) is 0 Å². The van der Waals surface area contributed by atoms with Crippen molar-refractivity contribution in [1.82, 2.24) is 5.09 Å². The summed E-state index contributed by atoms with van der Waals surface area (Å²) in [5.41, 5.74) is 0. The summed E-state index contributed by atoms with van der Waals surface area (Å²) >= 11 is 0. The van der Waals surface area contributed by atoms with Gasteiger partial charge in [-0.05, 0) is 24.3 Å². The van der Waals surface area contributed by atoms with Gasteiger partial charge in [0.25, 0.3) is 0 Å². The number of nitrogens with one attached hydrogen (secondary N) is 1. The molecule has 0 spiro atoms. The highest BCUT2D eigenvalue weighted by Gasteiger charge is 2.25. The van der Waals surface area contributed by atoms with Gasteiger partial charge < -0.3 is 9.42 Å². The molecule has 88 valence electrons. The van der Waals surface area contributed by atoms with Gasteiger partial charge in [-0.2, -0.15) is 0 Å². The smallest absolute Gasteiger partial charge is 0.315 e. The fraction of sp³-hybridized carbons (Fsp3) is 0.231. The fourth-order valence-corrected chi connectivity index (χ4v) is 2.73. The third-order valence-corrected chi connectivity index (χ3v) is 3.76. The molecule has 1 fully saturated rings. The molecule has 0 saturated heterocycles. The van der Waals surface area contributed by atoms with Crippen LogP contribution in [0.2, 0.25) is 0 Å². The van der Waals surface area contributed by atoms with Crippen LogP contribution in [0.25, 0.3) is 10.8 Å². The lowest BCUT2D eigenvalue weighted by Crippen LogP contribution is -2.11. The Morgan fingerprint density at radius 2 is 1.88 bits per heavy atom. The van der Waals surface area contributed by atoms with Crippen molar-refractivity contribution in [3.05, 3.63) is 42.5 Å². The molecule has 2 aromatic carbocycles. The van der Waals surface area contributed by atoms with Gasteiger partial charge in [-0.1, -0.05) is 36.4 Å². The summed E-state index contributed by atoms with van der Waals surface area (Å²) in [5.74, 6) is 0.741. The second kappa shape index (κ2) is 4.61. The van der Waals surface area contributed by atoms with Gasteiger partial charge >= 0.3 is 8.53 Å². The lowest BCUT2D eigenvalue weighted by Gasteiger charge is -2.13. The average molecular weight is 247 g/mol. The Labute approximate surface area is 101 Å². The Bertz CT molecular complexity index is 522. The first-order chi connectivity index (χ1) is 8.33. The molecule has 17 heavy (non-hydrogen) atoms. The number of fused-ring (bicyclic) bond motifs is 1. The van der Waals surface area contributed by atoms with E-state index in [1.807, 2.05) is 42.5 Å². The third-order valence-electron chi connectivity index (χ3n) is 2.80. The maximum atomic E-state index is 9.80. The number of hydrogen-bond acceptors (Lipinski definition) is 3. The van der Waals surface area contributed by atoms with Crippen LogP contribution in [0, 0.1) is 0 Å². The lowest BCUT2D eigenvalue weighted by atomic mass is 10.1. The Morgan fingerprint density at radius 3 is 2.71 bits per heavy atom. The molecule has 1 aliphatic rings. The fourth-order valence-electron chi connectivity index (χ4n) is 1.76. The molecule has 0 amide bonds. The molecule has 2 aromatic rings. The quantitative estimate of drug-likeness (QED) is 0.815. The molecule has 1 atom stereocenters. The zero-order valence-corrected chi connectivity index (χ0v) is 10.2. The molecule has 0 aliphatic heterocycles. The molecule has 4 heteroatoms. The Hall–Kier alpha value is -1.15. The zero-order valence-electron chi connectivity index (χ0n) is 9.34. The van der Waals surface area contributed by atoms with E-state index in [0.717, 1.165) is 29.4 Å². The number of benzene rings is 2. The van der Waals surface area contributed by atoms with Crippen LogP contribution >= 0.6 is 8.53 Å². The topological polar surface area (TPSA) is 41.5 Å². The minimum atomic E-state index is -1.56. The molecule has 0 aromatic heterocycles. The summed E-state index contributed by atoms with van der Waals surface area (Å²) in [4.78, 5) is 9.80. The summed E-state index contributed by atoms with van der Waals surface area (Å²) < 4.78 is 5.59. The molecule has 1 aliphatic carbocycles. The first kappa shape index (κ1) is 11.0. The van der Waals surface area contributed by atoms with Crippen molar-refractivity contribution < 1.29 is 9.42 Å².